The number of carbonyl (C=O) groups is 1. The predicted molar refractivity (Wildman–Crippen MR) is 104 cm³/mol. The number of anilines is 1. The molecule has 0 radical (unpaired) electrons. The van der Waals surface area contributed by atoms with E-state index in [0.717, 1.165) is 21.8 Å². The number of methoxy groups -OCH3 is 1. The van der Waals surface area contributed by atoms with Crippen LogP contribution in [0, 0.1) is 0 Å². The largest absolute Gasteiger partial charge is 0.508 e. The molecule has 0 aliphatic carbocycles. The Morgan fingerprint density at radius 3 is 2.54 bits per heavy atom. The molecule has 1 amide bonds. The van der Waals surface area contributed by atoms with Crippen LogP contribution >= 0.6 is 11.3 Å². The molecule has 0 aliphatic heterocycles. The van der Waals surface area contributed by atoms with Crippen molar-refractivity contribution in [2.45, 2.75) is 0 Å². The first-order chi connectivity index (χ1) is 12.6. The summed E-state index contributed by atoms with van der Waals surface area (Å²) in [6.45, 7) is 0. The number of aromatic hydroxyl groups is 1. The number of nitrogen functional groups attached to an aromatic ring is 1. The minimum Gasteiger partial charge on any atom is -0.508 e. The van der Waals surface area contributed by atoms with Crippen LogP contribution in [-0.2, 0) is 0 Å². The lowest BCUT2D eigenvalue weighted by molar-refractivity contribution is 0.0960. The van der Waals surface area contributed by atoms with Gasteiger partial charge in [0.2, 0.25) is 0 Å². The molecule has 0 aliphatic rings. The van der Waals surface area contributed by atoms with Crippen LogP contribution in [0.25, 0.3) is 10.4 Å². The summed E-state index contributed by atoms with van der Waals surface area (Å²) in [5, 5.41) is 13.2. The third-order valence-electron chi connectivity index (χ3n) is 3.61. The maximum absolute atomic E-state index is 12.3. The highest BCUT2D eigenvalue weighted by Gasteiger charge is 2.15. The first-order valence-electron chi connectivity index (χ1n) is 7.73. The maximum atomic E-state index is 12.3. The highest BCUT2D eigenvalue weighted by atomic mass is 32.1. The lowest BCUT2D eigenvalue weighted by Crippen LogP contribution is -2.17. The number of nitrogens with one attached hydrogen (secondary N) is 1. The highest BCUT2D eigenvalue weighted by Crippen LogP contribution is 2.33. The third kappa shape index (κ3) is 4.01. The summed E-state index contributed by atoms with van der Waals surface area (Å²) in [7, 11) is 1.61. The number of amides is 1. The van der Waals surface area contributed by atoms with E-state index in [9.17, 15) is 9.90 Å². The minimum absolute atomic E-state index is 0.170. The molecule has 3 rings (SSSR count). The summed E-state index contributed by atoms with van der Waals surface area (Å²) in [4.78, 5) is 13.6. The number of phenols is 1. The molecule has 0 atom stereocenters. The van der Waals surface area contributed by atoms with E-state index < -0.39 is 0 Å². The van der Waals surface area contributed by atoms with E-state index in [4.69, 9.17) is 10.5 Å². The summed E-state index contributed by atoms with van der Waals surface area (Å²) < 4.78 is 5.14. The smallest absolute Gasteiger partial charge is 0.283 e. The number of benzene rings is 2. The number of nitrogens with zero attached hydrogens (tertiary/aromatic N) is 1. The Bertz CT molecular complexity index is 932. The molecule has 0 unspecified atom stereocenters. The number of thiophene rings is 1. The highest BCUT2D eigenvalue weighted by molar-refractivity contribution is 7.18. The molecule has 132 valence electrons. The second-order valence-corrected chi connectivity index (χ2v) is 6.47. The topological polar surface area (TPSA) is 96.9 Å². The number of hydrogen-bond donors (Lipinski definition) is 3. The monoisotopic (exact) mass is 367 g/mol. The van der Waals surface area contributed by atoms with E-state index in [2.05, 4.69) is 10.5 Å². The first-order valence-corrected chi connectivity index (χ1v) is 8.54. The van der Waals surface area contributed by atoms with E-state index in [1.54, 1.807) is 37.4 Å². The van der Waals surface area contributed by atoms with Gasteiger partial charge in [0.05, 0.1) is 19.0 Å². The van der Waals surface area contributed by atoms with Gasteiger partial charge in [0.1, 0.15) is 16.4 Å². The SMILES string of the molecule is COc1ccc(-c2cc(N)c(C(=O)N/N=C/c3ccc(O)cc3)s2)cc1. The first kappa shape index (κ1) is 17.5. The van der Waals surface area contributed by atoms with Crippen molar-refractivity contribution >= 4 is 29.1 Å². The summed E-state index contributed by atoms with van der Waals surface area (Å²) >= 11 is 1.30. The molecule has 7 heteroatoms. The van der Waals surface area contributed by atoms with Gasteiger partial charge in [-0.3, -0.25) is 4.79 Å². The van der Waals surface area contributed by atoms with E-state index in [0.29, 0.717) is 10.6 Å². The van der Waals surface area contributed by atoms with Crippen molar-refractivity contribution < 1.29 is 14.6 Å². The summed E-state index contributed by atoms with van der Waals surface area (Å²) in [6, 6.07) is 15.8. The van der Waals surface area contributed by atoms with Gasteiger partial charge in [-0.05, 0) is 65.7 Å². The van der Waals surface area contributed by atoms with Gasteiger partial charge in [-0.1, -0.05) is 0 Å². The molecule has 0 fully saturated rings. The van der Waals surface area contributed by atoms with Gasteiger partial charge in [0.25, 0.3) is 5.91 Å². The second-order valence-electron chi connectivity index (χ2n) is 5.41. The van der Waals surface area contributed by atoms with Gasteiger partial charge >= 0.3 is 0 Å². The van der Waals surface area contributed by atoms with Gasteiger partial charge in [-0.2, -0.15) is 5.10 Å². The number of ether oxygens (including phenoxy) is 1. The predicted octanol–water partition coefficient (Wildman–Crippen LogP) is 3.48. The number of hydrogen-bond acceptors (Lipinski definition) is 6. The molecular weight excluding hydrogens is 350 g/mol. The zero-order valence-corrected chi connectivity index (χ0v) is 14.8. The van der Waals surface area contributed by atoms with Crippen molar-refractivity contribution in [2.75, 3.05) is 12.8 Å². The molecular formula is C19H17N3O3S. The summed E-state index contributed by atoms with van der Waals surface area (Å²) in [5.41, 5.74) is 10.5. The Kier molecular flexibility index (Phi) is 5.19. The maximum Gasteiger partial charge on any atom is 0.283 e. The zero-order chi connectivity index (χ0) is 18.5. The van der Waals surface area contributed by atoms with Crippen LogP contribution in [0.15, 0.2) is 59.7 Å². The fourth-order valence-corrected chi connectivity index (χ4v) is 3.23. The van der Waals surface area contributed by atoms with Crippen LogP contribution in [-0.4, -0.2) is 24.3 Å². The standard InChI is InChI=1S/C19H17N3O3S/c1-25-15-8-4-13(5-9-15)17-10-16(20)18(26-17)19(24)22-21-11-12-2-6-14(23)7-3-12/h2-11,23H,20H2,1H3,(H,22,24)/b21-11+. The van der Waals surface area contributed by atoms with Crippen molar-refractivity contribution in [3.05, 3.63) is 65.0 Å². The average Bonchev–Trinajstić information content (AvgIpc) is 3.05. The van der Waals surface area contributed by atoms with Crippen LogP contribution in [0.5, 0.6) is 11.5 Å². The number of nitrogens with two attached hydrogens (primary N) is 1. The number of hydrazone groups is 1. The van der Waals surface area contributed by atoms with Crippen molar-refractivity contribution in [3.63, 3.8) is 0 Å². The van der Waals surface area contributed by atoms with Crippen LogP contribution in [0.4, 0.5) is 5.69 Å². The molecule has 4 N–H and O–H groups in total. The van der Waals surface area contributed by atoms with Crippen LogP contribution in [0.1, 0.15) is 15.2 Å². The summed E-state index contributed by atoms with van der Waals surface area (Å²) in [6.07, 6.45) is 1.49. The van der Waals surface area contributed by atoms with Crippen LogP contribution < -0.4 is 15.9 Å². The van der Waals surface area contributed by atoms with Crippen LogP contribution in [0.3, 0.4) is 0 Å². The van der Waals surface area contributed by atoms with Crippen LogP contribution in [0.2, 0.25) is 0 Å². The Balaban J connectivity index is 1.71. The number of rotatable bonds is 5. The number of carbonyl (C=O) groups excluding carboxylic acids is 1. The van der Waals surface area contributed by atoms with Gasteiger partial charge in [-0.25, -0.2) is 5.43 Å². The average molecular weight is 367 g/mol. The van der Waals surface area contributed by atoms with E-state index in [1.807, 2.05) is 24.3 Å². The molecule has 26 heavy (non-hydrogen) atoms. The third-order valence-corrected chi connectivity index (χ3v) is 4.81. The molecule has 2 aromatic carbocycles. The Labute approximate surface area is 154 Å². The fraction of sp³-hybridized carbons (Fsp3) is 0.0526. The van der Waals surface area contributed by atoms with Gasteiger partial charge < -0.3 is 15.6 Å². The normalized spacial score (nSPS) is 10.8. The lowest BCUT2D eigenvalue weighted by Gasteiger charge is -2.00. The second kappa shape index (κ2) is 7.71. The molecule has 0 spiro atoms. The number of phenolic OH excluding ortho intramolecular Hbond substituents is 1. The molecule has 6 nitrogen and oxygen atoms in total. The fourth-order valence-electron chi connectivity index (χ4n) is 2.26. The van der Waals surface area contributed by atoms with Crippen molar-refractivity contribution in [1.82, 2.24) is 5.43 Å². The van der Waals surface area contributed by atoms with Crippen molar-refractivity contribution in [3.8, 4) is 21.9 Å². The lowest BCUT2D eigenvalue weighted by atomic mass is 10.2. The minimum atomic E-state index is -0.373. The van der Waals surface area contributed by atoms with Gasteiger partial charge in [-0.15, -0.1) is 11.3 Å². The van der Waals surface area contributed by atoms with Gasteiger partial charge in [0.15, 0.2) is 0 Å². The van der Waals surface area contributed by atoms with E-state index >= 15 is 0 Å². The van der Waals surface area contributed by atoms with Crippen molar-refractivity contribution in [1.29, 1.82) is 0 Å². The molecule has 3 aromatic rings. The van der Waals surface area contributed by atoms with Crippen molar-refractivity contribution in [2.24, 2.45) is 5.10 Å². The Morgan fingerprint density at radius 1 is 1.19 bits per heavy atom. The molecule has 0 bridgehead atoms. The Hall–Kier alpha value is -3.32. The Morgan fingerprint density at radius 2 is 1.88 bits per heavy atom. The van der Waals surface area contributed by atoms with Gasteiger partial charge in [0, 0.05) is 4.88 Å². The van der Waals surface area contributed by atoms with E-state index in [-0.39, 0.29) is 11.7 Å². The molecule has 1 aromatic heterocycles. The van der Waals surface area contributed by atoms with E-state index in [1.165, 1.54) is 17.6 Å². The quantitative estimate of drug-likeness (QED) is 0.475. The zero-order valence-electron chi connectivity index (χ0n) is 14.0. The molecule has 1 heterocycles. The molecule has 0 saturated heterocycles. The molecule has 0 saturated carbocycles. The summed E-state index contributed by atoms with van der Waals surface area (Å²) in [5.74, 6) is 0.561.